The quantitative estimate of drug-likeness (QED) is 0.706. The number of nitrogens with zero attached hydrogens (tertiary/aromatic N) is 1. The highest BCUT2D eigenvalue weighted by atomic mass is 32.2. The molecule has 2 aromatic rings. The molecule has 2 aromatic carbocycles. The molecule has 0 unspecified atom stereocenters. The van der Waals surface area contributed by atoms with Crippen LogP contribution < -0.4 is 0 Å². The Morgan fingerprint density at radius 2 is 1.58 bits per heavy atom. The van der Waals surface area contributed by atoms with E-state index in [1.165, 1.54) is 11.8 Å². The fourth-order valence-electron chi connectivity index (χ4n) is 2.27. The van der Waals surface area contributed by atoms with Crippen LogP contribution in [-0.2, 0) is 16.1 Å². The highest BCUT2D eigenvalue weighted by Gasteiger charge is 2.15. The fourth-order valence-corrected chi connectivity index (χ4v) is 3.09. The van der Waals surface area contributed by atoms with Crippen molar-refractivity contribution in [1.82, 2.24) is 4.90 Å². The summed E-state index contributed by atoms with van der Waals surface area (Å²) in [5.41, 5.74) is 1.05. The summed E-state index contributed by atoms with van der Waals surface area (Å²) in [4.78, 5) is 26.1. The molecule has 0 spiro atoms. The van der Waals surface area contributed by atoms with Gasteiger partial charge in [0, 0.05) is 24.4 Å². The van der Waals surface area contributed by atoms with Crippen molar-refractivity contribution in [1.29, 1.82) is 0 Å². The molecule has 0 aliphatic carbocycles. The molecule has 0 bridgehead atoms. The average Bonchev–Trinajstić information content (AvgIpc) is 2.60. The predicted octanol–water partition coefficient (Wildman–Crippen LogP) is 3.67. The Hall–Kier alpha value is -2.27. The Kier molecular flexibility index (Phi) is 7.36. The van der Waals surface area contributed by atoms with Crippen molar-refractivity contribution in [2.24, 2.45) is 0 Å². The molecule has 0 saturated heterocycles. The molecule has 1 N–H and O–H groups in total. The summed E-state index contributed by atoms with van der Waals surface area (Å²) < 4.78 is 0. The molecule has 0 atom stereocenters. The van der Waals surface area contributed by atoms with E-state index in [0.717, 1.165) is 10.5 Å². The Balaban J connectivity index is 1.94. The summed E-state index contributed by atoms with van der Waals surface area (Å²) in [5, 5.41) is 8.80. The normalized spacial score (nSPS) is 10.3. The SMILES string of the molecule is O=C(O)CCCN(Cc1ccccc1)C(=O)CSc1ccccc1. The summed E-state index contributed by atoms with van der Waals surface area (Å²) >= 11 is 1.50. The van der Waals surface area contributed by atoms with E-state index in [-0.39, 0.29) is 12.3 Å². The first-order valence-corrected chi connectivity index (χ1v) is 8.85. The molecular formula is C19H21NO3S. The highest BCUT2D eigenvalue weighted by Crippen LogP contribution is 2.18. The Bertz CT molecular complexity index is 646. The van der Waals surface area contributed by atoms with Crippen LogP contribution in [-0.4, -0.2) is 34.2 Å². The van der Waals surface area contributed by atoms with Gasteiger partial charge >= 0.3 is 5.97 Å². The smallest absolute Gasteiger partial charge is 0.303 e. The number of rotatable bonds is 9. The molecule has 2 rings (SSSR count). The van der Waals surface area contributed by atoms with Gasteiger partial charge in [0.2, 0.25) is 5.91 Å². The second-order valence-corrected chi connectivity index (χ2v) is 6.45. The van der Waals surface area contributed by atoms with E-state index in [9.17, 15) is 9.59 Å². The third-order valence-corrected chi connectivity index (χ3v) is 4.49. The zero-order valence-electron chi connectivity index (χ0n) is 13.4. The number of carbonyl (C=O) groups is 2. The van der Waals surface area contributed by atoms with Crippen molar-refractivity contribution in [3.8, 4) is 0 Å². The monoisotopic (exact) mass is 343 g/mol. The first-order chi connectivity index (χ1) is 11.6. The molecule has 4 nitrogen and oxygen atoms in total. The molecule has 0 fully saturated rings. The lowest BCUT2D eigenvalue weighted by atomic mass is 10.2. The van der Waals surface area contributed by atoms with Crippen molar-refractivity contribution in [3.63, 3.8) is 0 Å². The number of amides is 1. The Labute approximate surface area is 146 Å². The molecule has 0 aliphatic heterocycles. The van der Waals surface area contributed by atoms with E-state index >= 15 is 0 Å². The van der Waals surface area contributed by atoms with E-state index in [4.69, 9.17) is 5.11 Å². The molecule has 0 aliphatic rings. The Morgan fingerprint density at radius 1 is 0.958 bits per heavy atom. The second kappa shape index (κ2) is 9.78. The number of thioether (sulfide) groups is 1. The van der Waals surface area contributed by atoms with Crippen molar-refractivity contribution < 1.29 is 14.7 Å². The third kappa shape index (κ3) is 6.46. The van der Waals surface area contributed by atoms with E-state index < -0.39 is 5.97 Å². The number of aliphatic carboxylic acids is 1. The molecule has 1 amide bonds. The molecule has 0 saturated carbocycles. The van der Waals surface area contributed by atoms with Crippen molar-refractivity contribution in [3.05, 3.63) is 66.2 Å². The minimum Gasteiger partial charge on any atom is -0.481 e. The zero-order valence-corrected chi connectivity index (χ0v) is 14.2. The fraction of sp³-hybridized carbons (Fsp3) is 0.263. The molecule has 126 valence electrons. The predicted molar refractivity (Wildman–Crippen MR) is 95.9 cm³/mol. The molecule has 5 heteroatoms. The summed E-state index contributed by atoms with van der Waals surface area (Å²) in [6.07, 6.45) is 0.536. The van der Waals surface area contributed by atoms with Crippen LogP contribution >= 0.6 is 11.8 Å². The van der Waals surface area contributed by atoms with Gasteiger partial charge < -0.3 is 10.0 Å². The molecule has 24 heavy (non-hydrogen) atoms. The minimum atomic E-state index is -0.833. The molecule has 0 heterocycles. The van der Waals surface area contributed by atoms with Gasteiger partial charge in [0.05, 0.1) is 5.75 Å². The van der Waals surface area contributed by atoms with E-state index in [0.29, 0.717) is 25.3 Å². The van der Waals surface area contributed by atoms with Gasteiger partial charge in [-0.1, -0.05) is 48.5 Å². The van der Waals surface area contributed by atoms with Crippen LogP contribution in [0.2, 0.25) is 0 Å². The maximum absolute atomic E-state index is 12.6. The summed E-state index contributed by atoms with van der Waals surface area (Å²) in [6, 6.07) is 19.5. The molecular weight excluding hydrogens is 322 g/mol. The number of hydrogen-bond acceptors (Lipinski definition) is 3. The molecule has 0 radical (unpaired) electrons. The number of carbonyl (C=O) groups excluding carboxylic acids is 1. The van der Waals surface area contributed by atoms with Crippen LogP contribution in [0.3, 0.4) is 0 Å². The number of hydrogen-bond donors (Lipinski definition) is 1. The van der Waals surface area contributed by atoms with Gasteiger partial charge in [-0.15, -0.1) is 11.8 Å². The van der Waals surface area contributed by atoms with Gasteiger partial charge in [-0.2, -0.15) is 0 Å². The number of carboxylic acids is 1. The molecule has 0 aromatic heterocycles. The highest BCUT2D eigenvalue weighted by molar-refractivity contribution is 8.00. The average molecular weight is 343 g/mol. The van der Waals surface area contributed by atoms with E-state index in [2.05, 4.69) is 0 Å². The zero-order chi connectivity index (χ0) is 17.2. The second-order valence-electron chi connectivity index (χ2n) is 5.40. The van der Waals surface area contributed by atoms with Gasteiger partial charge in [0.1, 0.15) is 0 Å². The first kappa shape index (κ1) is 18.1. The maximum Gasteiger partial charge on any atom is 0.303 e. The number of benzene rings is 2. The number of carboxylic acid groups (broad SMARTS) is 1. The van der Waals surface area contributed by atoms with Crippen LogP contribution in [0.15, 0.2) is 65.6 Å². The summed E-state index contributed by atoms with van der Waals surface area (Å²) in [7, 11) is 0. The third-order valence-electron chi connectivity index (χ3n) is 3.49. The first-order valence-electron chi connectivity index (χ1n) is 7.86. The van der Waals surface area contributed by atoms with Crippen molar-refractivity contribution in [2.75, 3.05) is 12.3 Å². The lowest BCUT2D eigenvalue weighted by Crippen LogP contribution is -2.33. The van der Waals surface area contributed by atoms with Crippen LogP contribution in [0.4, 0.5) is 0 Å². The Morgan fingerprint density at radius 3 is 2.21 bits per heavy atom. The van der Waals surface area contributed by atoms with Crippen LogP contribution in [0.5, 0.6) is 0 Å². The lowest BCUT2D eigenvalue weighted by molar-refractivity contribution is -0.138. The topological polar surface area (TPSA) is 57.6 Å². The van der Waals surface area contributed by atoms with Crippen LogP contribution in [0.1, 0.15) is 18.4 Å². The van der Waals surface area contributed by atoms with E-state index in [1.54, 1.807) is 4.90 Å². The summed E-state index contributed by atoms with van der Waals surface area (Å²) in [6.45, 7) is 0.962. The van der Waals surface area contributed by atoms with Gasteiger partial charge in [-0.25, -0.2) is 0 Å². The van der Waals surface area contributed by atoms with E-state index in [1.807, 2.05) is 60.7 Å². The maximum atomic E-state index is 12.6. The largest absolute Gasteiger partial charge is 0.481 e. The van der Waals surface area contributed by atoms with Gasteiger partial charge in [0.25, 0.3) is 0 Å². The lowest BCUT2D eigenvalue weighted by Gasteiger charge is -2.22. The van der Waals surface area contributed by atoms with Gasteiger partial charge in [0.15, 0.2) is 0 Å². The standard InChI is InChI=1S/C19H21NO3S/c21-18(15-24-17-10-5-2-6-11-17)20(13-7-12-19(22)23)14-16-8-3-1-4-9-16/h1-6,8-11H,7,12-15H2,(H,22,23). The van der Waals surface area contributed by atoms with Crippen molar-refractivity contribution >= 4 is 23.6 Å². The van der Waals surface area contributed by atoms with Gasteiger partial charge in [-0.05, 0) is 24.1 Å². The van der Waals surface area contributed by atoms with Crippen LogP contribution in [0.25, 0.3) is 0 Å². The summed E-state index contributed by atoms with van der Waals surface area (Å²) in [5.74, 6) is -0.455. The minimum absolute atomic E-state index is 0.0260. The van der Waals surface area contributed by atoms with Crippen molar-refractivity contribution in [2.45, 2.75) is 24.3 Å². The van der Waals surface area contributed by atoms with Gasteiger partial charge in [-0.3, -0.25) is 9.59 Å². The van der Waals surface area contributed by atoms with Crippen LogP contribution in [0, 0.1) is 0 Å².